The molecule has 114 valence electrons. The lowest BCUT2D eigenvalue weighted by Gasteiger charge is -2.29. The summed E-state index contributed by atoms with van der Waals surface area (Å²) in [6.45, 7) is 14.0. The normalized spacial score (nSPS) is 11.9. The number of hydrogen-bond acceptors (Lipinski definition) is 4. The Morgan fingerprint density at radius 3 is 2.35 bits per heavy atom. The van der Waals surface area contributed by atoms with E-state index >= 15 is 0 Å². The lowest BCUT2D eigenvalue weighted by molar-refractivity contribution is 0.541. The molecule has 4 nitrogen and oxygen atoms in total. The molecule has 0 aliphatic heterocycles. The molecule has 20 heavy (non-hydrogen) atoms. The van der Waals surface area contributed by atoms with Crippen molar-refractivity contribution >= 4 is 11.6 Å². The zero-order valence-corrected chi connectivity index (χ0v) is 13.9. The molecule has 0 aliphatic carbocycles. The summed E-state index contributed by atoms with van der Waals surface area (Å²) < 4.78 is 0. The molecule has 1 aromatic heterocycles. The van der Waals surface area contributed by atoms with Gasteiger partial charge >= 0.3 is 0 Å². The van der Waals surface area contributed by atoms with E-state index in [0.29, 0.717) is 11.9 Å². The third-order valence-corrected chi connectivity index (χ3v) is 3.32. The van der Waals surface area contributed by atoms with Crippen molar-refractivity contribution in [2.45, 2.75) is 72.3 Å². The van der Waals surface area contributed by atoms with Crippen molar-refractivity contribution in [2.24, 2.45) is 0 Å². The fraction of sp³-hybridized carbons (Fsp3) is 0.750. The van der Waals surface area contributed by atoms with E-state index in [4.69, 9.17) is 10.7 Å². The Labute approximate surface area is 123 Å². The maximum atomic E-state index is 5.97. The van der Waals surface area contributed by atoms with Crippen LogP contribution in [-0.4, -0.2) is 22.6 Å². The van der Waals surface area contributed by atoms with Crippen LogP contribution in [0, 0.1) is 0 Å². The fourth-order valence-corrected chi connectivity index (χ4v) is 2.10. The molecule has 1 heterocycles. The van der Waals surface area contributed by atoms with Gasteiger partial charge in [-0.25, -0.2) is 9.97 Å². The average molecular weight is 278 g/mol. The molecule has 1 rings (SSSR count). The predicted molar refractivity (Wildman–Crippen MR) is 87.2 cm³/mol. The van der Waals surface area contributed by atoms with Crippen molar-refractivity contribution < 1.29 is 0 Å². The first-order valence-electron chi connectivity index (χ1n) is 7.67. The Balaban J connectivity index is 3.04. The Hall–Kier alpha value is -1.32. The van der Waals surface area contributed by atoms with Crippen LogP contribution in [0.15, 0.2) is 6.07 Å². The molecule has 0 radical (unpaired) electrons. The monoisotopic (exact) mass is 278 g/mol. The van der Waals surface area contributed by atoms with Gasteiger partial charge in [-0.15, -0.1) is 0 Å². The van der Waals surface area contributed by atoms with Crippen molar-refractivity contribution in [3.63, 3.8) is 0 Å². The summed E-state index contributed by atoms with van der Waals surface area (Å²) >= 11 is 0. The summed E-state index contributed by atoms with van der Waals surface area (Å²) in [4.78, 5) is 11.4. The van der Waals surface area contributed by atoms with Gasteiger partial charge in [-0.3, -0.25) is 0 Å². The molecule has 0 aromatic carbocycles. The number of hydrogen-bond donors (Lipinski definition) is 1. The highest BCUT2D eigenvalue weighted by Gasteiger charge is 2.21. The van der Waals surface area contributed by atoms with E-state index in [-0.39, 0.29) is 5.41 Å². The highest BCUT2D eigenvalue weighted by molar-refractivity contribution is 5.48. The number of nitrogens with two attached hydrogens (primary N) is 1. The van der Waals surface area contributed by atoms with Crippen LogP contribution in [0.3, 0.4) is 0 Å². The van der Waals surface area contributed by atoms with Crippen molar-refractivity contribution in [3.05, 3.63) is 11.9 Å². The van der Waals surface area contributed by atoms with Crippen LogP contribution in [0.4, 0.5) is 11.6 Å². The first-order chi connectivity index (χ1) is 9.25. The zero-order valence-electron chi connectivity index (χ0n) is 13.9. The van der Waals surface area contributed by atoms with E-state index < -0.39 is 0 Å². The molecule has 0 amide bonds. The number of nitrogen functional groups attached to an aromatic ring is 1. The van der Waals surface area contributed by atoms with Crippen LogP contribution >= 0.6 is 0 Å². The second kappa shape index (κ2) is 6.91. The van der Waals surface area contributed by atoms with E-state index in [9.17, 15) is 0 Å². The van der Waals surface area contributed by atoms with Gasteiger partial charge in [0.05, 0.1) is 0 Å². The summed E-state index contributed by atoms with van der Waals surface area (Å²) in [7, 11) is 0. The van der Waals surface area contributed by atoms with Gasteiger partial charge in [0.1, 0.15) is 17.5 Å². The van der Waals surface area contributed by atoms with Gasteiger partial charge in [0, 0.05) is 24.1 Å². The molecule has 0 bridgehead atoms. The fourth-order valence-electron chi connectivity index (χ4n) is 2.10. The minimum atomic E-state index is -0.0871. The molecule has 1 aromatic rings. The number of anilines is 2. The Morgan fingerprint density at radius 1 is 1.20 bits per heavy atom. The topological polar surface area (TPSA) is 55.0 Å². The zero-order chi connectivity index (χ0) is 15.3. The highest BCUT2D eigenvalue weighted by atomic mass is 15.2. The van der Waals surface area contributed by atoms with Gasteiger partial charge in [-0.2, -0.15) is 0 Å². The summed E-state index contributed by atoms with van der Waals surface area (Å²) in [6, 6.07) is 2.30. The summed E-state index contributed by atoms with van der Waals surface area (Å²) in [6.07, 6.45) is 3.66. The number of aromatic nitrogens is 2. The summed E-state index contributed by atoms with van der Waals surface area (Å²) in [5, 5.41) is 0. The highest BCUT2D eigenvalue weighted by Crippen LogP contribution is 2.24. The summed E-state index contributed by atoms with van der Waals surface area (Å²) in [5.74, 6) is 2.32. The van der Waals surface area contributed by atoms with Crippen LogP contribution in [0.25, 0.3) is 0 Å². The van der Waals surface area contributed by atoms with Crippen LogP contribution in [0.1, 0.15) is 66.6 Å². The van der Waals surface area contributed by atoms with Crippen molar-refractivity contribution in [2.75, 3.05) is 17.2 Å². The van der Waals surface area contributed by atoms with Gasteiger partial charge in [0.15, 0.2) is 0 Å². The van der Waals surface area contributed by atoms with Crippen LogP contribution in [0.2, 0.25) is 0 Å². The molecule has 0 aliphatic rings. The average Bonchev–Trinajstić information content (AvgIpc) is 2.32. The molecule has 0 unspecified atom stereocenters. The lowest BCUT2D eigenvalue weighted by Crippen LogP contribution is -2.33. The van der Waals surface area contributed by atoms with E-state index in [0.717, 1.165) is 18.2 Å². The summed E-state index contributed by atoms with van der Waals surface area (Å²) in [5.41, 5.74) is 5.88. The molecule has 4 heteroatoms. The predicted octanol–water partition coefficient (Wildman–Crippen LogP) is 3.76. The molecular formula is C16H30N4. The van der Waals surface area contributed by atoms with E-state index in [1.54, 1.807) is 0 Å². The smallest absolute Gasteiger partial charge is 0.138 e. The first-order valence-corrected chi connectivity index (χ1v) is 7.67. The molecule has 0 saturated carbocycles. The van der Waals surface area contributed by atoms with Crippen LogP contribution in [-0.2, 0) is 5.41 Å². The quantitative estimate of drug-likeness (QED) is 0.805. The SMILES string of the molecule is CCCCCN(c1cc(N)nc(C(C)(C)C)n1)C(C)C. The van der Waals surface area contributed by atoms with Crippen molar-refractivity contribution in [1.29, 1.82) is 0 Å². The first kappa shape index (κ1) is 16.7. The number of unbranched alkanes of at least 4 members (excludes halogenated alkanes) is 2. The van der Waals surface area contributed by atoms with Crippen molar-refractivity contribution in [3.8, 4) is 0 Å². The largest absolute Gasteiger partial charge is 0.384 e. The third kappa shape index (κ3) is 4.66. The number of rotatable bonds is 6. The molecule has 2 N–H and O–H groups in total. The van der Waals surface area contributed by atoms with E-state index in [2.05, 4.69) is 51.4 Å². The number of nitrogens with zero attached hydrogens (tertiary/aromatic N) is 3. The van der Waals surface area contributed by atoms with Crippen molar-refractivity contribution in [1.82, 2.24) is 9.97 Å². The Bertz CT molecular complexity index is 421. The maximum absolute atomic E-state index is 5.97. The second-order valence-corrected chi connectivity index (χ2v) is 6.72. The minimum Gasteiger partial charge on any atom is -0.384 e. The second-order valence-electron chi connectivity index (χ2n) is 6.72. The van der Waals surface area contributed by atoms with Crippen LogP contribution in [0.5, 0.6) is 0 Å². The standard InChI is InChI=1S/C16H30N4/c1-7-8-9-10-20(12(2)3)14-11-13(17)18-15(19-14)16(4,5)6/h11-12H,7-10H2,1-6H3,(H2,17,18,19). The third-order valence-electron chi connectivity index (χ3n) is 3.32. The molecule has 0 spiro atoms. The maximum Gasteiger partial charge on any atom is 0.138 e. The van der Waals surface area contributed by atoms with E-state index in [1.165, 1.54) is 19.3 Å². The van der Waals surface area contributed by atoms with Gasteiger partial charge in [-0.05, 0) is 20.3 Å². The van der Waals surface area contributed by atoms with Gasteiger partial charge in [0.25, 0.3) is 0 Å². The molecule has 0 atom stereocenters. The lowest BCUT2D eigenvalue weighted by atomic mass is 9.96. The molecule has 0 fully saturated rings. The minimum absolute atomic E-state index is 0.0871. The Kier molecular flexibility index (Phi) is 5.78. The molecule has 0 saturated heterocycles. The van der Waals surface area contributed by atoms with Crippen LogP contribution < -0.4 is 10.6 Å². The van der Waals surface area contributed by atoms with Gasteiger partial charge in [0.2, 0.25) is 0 Å². The molecular weight excluding hydrogens is 248 g/mol. The van der Waals surface area contributed by atoms with E-state index in [1.807, 2.05) is 6.07 Å². The van der Waals surface area contributed by atoms with Gasteiger partial charge in [-0.1, -0.05) is 40.5 Å². The van der Waals surface area contributed by atoms with Gasteiger partial charge < -0.3 is 10.6 Å². The Morgan fingerprint density at radius 2 is 1.85 bits per heavy atom.